The third kappa shape index (κ3) is 5.10. The standard InChI is InChI=1S/C9H15NO3/c1-3-5-10(6-4-2)9(12)13-8-7-11/h1,11H,4-8H2,2H3. The van der Waals surface area contributed by atoms with Crippen LogP contribution in [0.4, 0.5) is 4.79 Å². The van der Waals surface area contributed by atoms with Gasteiger partial charge in [-0.1, -0.05) is 12.8 Å². The van der Waals surface area contributed by atoms with Gasteiger partial charge in [-0.05, 0) is 6.42 Å². The molecule has 0 heterocycles. The molecule has 0 saturated carbocycles. The second-order valence-corrected chi connectivity index (χ2v) is 2.46. The van der Waals surface area contributed by atoms with E-state index in [0.717, 1.165) is 6.42 Å². The van der Waals surface area contributed by atoms with Gasteiger partial charge in [0.25, 0.3) is 0 Å². The third-order valence-electron chi connectivity index (χ3n) is 1.35. The van der Waals surface area contributed by atoms with Crippen molar-refractivity contribution >= 4 is 6.09 Å². The molecule has 0 aromatic carbocycles. The molecule has 0 atom stereocenters. The van der Waals surface area contributed by atoms with Gasteiger partial charge >= 0.3 is 6.09 Å². The van der Waals surface area contributed by atoms with Gasteiger partial charge in [-0.25, -0.2) is 4.79 Å². The van der Waals surface area contributed by atoms with Gasteiger partial charge in [-0.2, -0.15) is 0 Å². The Morgan fingerprint density at radius 2 is 2.38 bits per heavy atom. The van der Waals surface area contributed by atoms with Gasteiger partial charge in [0.05, 0.1) is 13.2 Å². The summed E-state index contributed by atoms with van der Waals surface area (Å²) < 4.78 is 4.70. The first-order valence-corrected chi connectivity index (χ1v) is 4.22. The minimum atomic E-state index is -0.464. The summed E-state index contributed by atoms with van der Waals surface area (Å²) in [7, 11) is 0. The number of ether oxygens (including phenoxy) is 1. The number of nitrogens with zero attached hydrogens (tertiary/aromatic N) is 1. The molecular formula is C9H15NO3. The largest absolute Gasteiger partial charge is 0.447 e. The quantitative estimate of drug-likeness (QED) is 0.633. The van der Waals surface area contributed by atoms with Crippen LogP contribution in [0.5, 0.6) is 0 Å². The van der Waals surface area contributed by atoms with Crippen LogP contribution in [0.25, 0.3) is 0 Å². The molecule has 1 N–H and O–H groups in total. The SMILES string of the molecule is C#CCN(CCC)C(=O)OCCO. The van der Waals surface area contributed by atoms with E-state index in [1.165, 1.54) is 4.90 Å². The maximum Gasteiger partial charge on any atom is 0.410 e. The van der Waals surface area contributed by atoms with Crippen molar-refractivity contribution in [3.63, 3.8) is 0 Å². The van der Waals surface area contributed by atoms with Gasteiger partial charge in [0.15, 0.2) is 0 Å². The monoisotopic (exact) mass is 185 g/mol. The number of carbonyl (C=O) groups is 1. The average Bonchev–Trinajstić information content (AvgIpc) is 2.14. The second-order valence-electron chi connectivity index (χ2n) is 2.46. The molecule has 0 spiro atoms. The van der Waals surface area contributed by atoms with Gasteiger partial charge < -0.3 is 9.84 Å². The van der Waals surface area contributed by atoms with Crippen molar-refractivity contribution in [2.45, 2.75) is 13.3 Å². The zero-order chi connectivity index (χ0) is 10.1. The Labute approximate surface area is 78.5 Å². The maximum atomic E-state index is 11.2. The van der Waals surface area contributed by atoms with E-state index in [1.54, 1.807) is 0 Å². The minimum absolute atomic E-state index is 0.0175. The number of amides is 1. The summed E-state index contributed by atoms with van der Waals surface area (Å²) in [6.07, 6.45) is 5.44. The summed E-state index contributed by atoms with van der Waals surface area (Å²) in [6, 6.07) is 0. The van der Waals surface area contributed by atoms with Gasteiger partial charge in [0, 0.05) is 6.54 Å². The van der Waals surface area contributed by atoms with Crippen LogP contribution < -0.4 is 0 Å². The molecule has 0 fully saturated rings. The molecular weight excluding hydrogens is 170 g/mol. The number of rotatable bonds is 5. The summed E-state index contributed by atoms with van der Waals surface area (Å²) >= 11 is 0. The molecule has 0 rings (SSSR count). The number of aliphatic hydroxyl groups excluding tert-OH is 1. The predicted molar refractivity (Wildman–Crippen MR) is 49.1 cm³/mol. The van der Waals surface area contributed by atoms with Crippen molar-refractivity contribution in [1.82, 2.24) is 4.90 Å². The number of hydrogen-bond donors (Lipinski definition) is 1. The van der Waals surface area contributed by atoms with Crippen LogP contribution in [0.3, 0.4) is 0 Å². The molecule has 0 saturated heterocycles. The van der Waals surface area contributed by atoms with Crippen LogP contribution in [-0.4, -0.2) is 42.4 Å². The molecule has 0 aliphatic heterocycles. The van der Waals surface area contributed by atoms with E-state index in [0.29, 0.717) is 6.54 Å². The lowest BCUT2D eigenvalue weighted by molar-refractivity contribution is 0.0879. The smallest absolute Gasteiger partial charge is 0.410 e. The molecule has 0 aromatic rings. The highest BCUT2D eigenvalue weighted by Crippen LogP contribution is 1.95. The fourth-order valence-electron chi connectivity index (χ4n) is 0.839. The minimum Gasteiger partial charge on any atom is -0.447 e. The Morgan fingerprint density at radius 1 is 1.69 bits per heavy atom. The first-order valence-electron chi connectivity index (χ1n) is 4.22. The van der Waals surface area contributed by atoms with Crippen molar-refractivity contribution in [1.29, 1.82) is 0 Å². The van der Waals surface area contributed by atoms with Crippen molar-refractivity contribution in [3.8, 4) is 12.3 Å². The average molecular weight is 185 g/mol. The van der Waals surface area contributed by atoms with Crippen molar-refractivity contribution in [2.75, 3.05) is 26.3 Å². The van der Waals surface area contributed by atoms with Crippen LogP contribution in [0, 0.1) is 12.3 Å². The normalized spacial score (nSPS) is 9.00. The van der Waals surface area contributed by atoms with E-state index < -0.39 is 6.09 Å². The van der Waals surface area contributed by atoms with E-state index in [2.05, 4.69) is 5.92 Å². The topological polar surface area (TPSA) is 49.8 Å². The summed E-state index contributed by atoms with van der Waals surface area (Å²) in [5.41, 5.74) is 0. The van der Waals surface area contributed by atoms with Gasteiger partial charge in [0.1, 0.15) is 6.61 Å². The van der Waals surface area contributed by atoms with E-state index in [4.69, 9.17) is 16.3 Å². The Morgan fingerprint density at radius 3 is 2.85 bits per heavy atom. The first kappa shape index (κ1) is 11.8. The van der Waals surface area contributed by atoms with Crippen LogP contribution in [0.15, 0.2) is 0 Å². The lowest BCUT2D eigenvalue weighted by Crippen LogP contribution is -2.33. The lowest BCUT2D eigenvalue weighted by atomic mass is 10.4. The molecule has 4 nitrogen and oxygen atoms in total. The highest BCUT2D eigenvalue weighted by Gasteiger charge is 2.11. The van der Waals surface area contributed by atoms with E-state index in [-0.39, 0.29) is 19.8 Å². The molecule has 1 amide bonds. The van der Waals surface area contributed by atoms with Gasteiger partial charge in [-0.15, -0.1) is 6.42 Å². The molecule has 74 valence electrons. The van der Waals surface area contributed by atoms with Gasteiger partial charge in [-0.3, -0.25) is 4.90 Å². The highest BCUT2D eigenvalue weighted by molar-refractivity contribution is 5.67. The van der Waals surface area contributed by atoms with Crippen molar-refractivity contribution in [2.24, 2.45) is 0 Å². The zero-order valence-electron chi connectivity index (χ0n) is 7.82. The summed E-state index contributed by atoms with van der Waals surface area (Å²) in [6.45, 7) is 2.63. The molecule has 0 aliphatic carbocycles. The Kier molecular flexibility index (Phi) is 6.75. The number of aliphatic hydroxyl groups is 1. The third-order valence-corrected chi connectivity index (χ3v) is 1.35. The highest BCUT2D eigenvalue weighted by atomic mass is 16.6. The van der Waals surface area contributed by atoms with Gasteiger partial charge in [0.2, 0.25) is 0 Å². The molecule has 0 unspecified atom stereocenters. The van der Waals surface area contributed by atoms with E-state index >= 15 is 0 Å². The molecule has 0 aromatic heterocycles. The zero-order valence-corrected chi connectivity index (χ0v) is 7.82. The van der Waals surface area contributed by atoms with E-state index in [9.17, 15) is 4.79 Å². The predicted octanol–water partition coefficient (Wildman–Crippen LogP) is 0.461. The van der Waals surface area contributed by atoms with Crippen LogP contribution in [0.1, 0.15) is 13.3 Å². The number of carbonyl (C=O) groups excluding carboxylic acids is 1. The van der Waals surface area contributed by atoms with Crippen LogP contribution in [-0.2, 0) is 4.74 Å². The molecule has 13 heavy (non-hydrogen) atoms. The molecule has 0 bridgehead atoms. The summed E-state index contributed by atoms with van der Waals surface area (Å²) in [5.74, 6) is 2.37. The van der Waals surface area contributed by atoms with Crippen LogP contribution >= 0.6 is 0 Å². The fraction of sp³-hybridized carbons (Fsp3) is 0.667. The maximum absolute atomic E-state index is 11.2. The Balaban J connectivity index is 3.89. The molecule has 4 heteroatoms. The van der Waals surface area contributed by atoms with Crippen LogP contribution in [0.2, 0.25) is 0 Å². The first-order chi connectivity index (χ1) is 6.26. The van der Waals surface area contributed by atoms with Crippen molar-refractivity contribution < 1.29 is 14.6 Å². The van der Waals surface area contributed by atoms with Crippen molar-refractivity contribution in [3.05, 3.63) is 0 Å². The van der Waals surface area contributed by atoms with E-state index in [1.807, 2.05) is 6.92 Å². The Hall–Kier alpha value is -1.21. The second kappa shape index (κ2) is 7.44. The summed E-state index contributed by atoms with van der Waals surface area (Å²) in [5, 5.41) is 8.42. The molecule has 0 aliphatic rings. The number of hydrogen-bond acceptors (Lipinski definition) is 3. The fourth-order valence-corrected chi connectivity index (χ4v) is 0.839. The number of terminal acetylenes is 1. The Bertz CT molecular complexity index is 186. The summed E-state index contributed by atoms with van der Waals surface area (Å²) in [4.78, 5) is 12.6. The lowest BCUT2D eigenvalue weighted by Gasteiger charge is -2.18. The molecule has 0 radical (unpaired) electrons.